The third-order valence-corrected chi connectivity index (χ3v) is 4.50. The van der Waals surface area contributed by atoms with Crippen molar-refractivity contribution >= 4 is 18.1 Å². The second-order valence-electron chi connectivity index (χ2n) is 6.47. The van der Waals surface area contributed by atoms with Crippen molar-refractivity contribution in [2.24, 2.45) is 5.92 Å². The summed E-state index contributed by atoms with van der Waals surface area (Å²) in [4.78, 5) is 12.0. The number of H-pyrrole nitrogens is 1. The lowest BCUT2D eigenvalue weighted by Gasteiger charge is -2.19. The molecule has 1 amide bonds. The lowest BCUT2D eigenvalue weighted by molar-refractivity contribution is -0.116. The summed E-state index contributed by atoms with van der Waals surface area (Å²) in [6.07, 6.45) is 6.28. The van der Waals surface area contributed by atoms with Crippen molar-refractivity contribution in [2.75, 3.05) is 6.54 Å². The van der Waals surface area contributed by atoms with Gasteiger partial charge in [0.05, 0.1) is 0 Å². The molecule has 122 valence electrons. The summed E-state index contributed by atoms with van der Waals surface area (Å²) in [5.74, 6) is 2.03. The van der Waals surface area contributed by atoms with Gasteiger partial charge in [0.15, 0.2) is 4.77 Å². The minimum absolute atomic E-state index is 0.00524. The van der Waals surface area contributed by atoms with Gasteiger partial charge in [-0.3, -0.25) is 9.89 Å². The molecule has 1 fully saturated rings. The highest BCUT2D eigenvalue weighted by Crippen LogP contribution is 2.27. The van der Waals surface area contributed by atoms with Gasteiger partial charge < -0.3 is 9.88 Å². The van der Waals surface area contributed by atoms with E-state index in [1.54, 1.807) is 6.08 Å². The first-order valence-electron chi connectivity index (χ1n) is 8.09. The first-order valence-corrected chi connectivity index (χ1v) is 8.50. The van der Waals surface area contributed by atoms with E-state index in [0.29, 0.717) is 23.8 Å². The van der Waals surface area contributed by atoms with Gasteiger partial charge in [0, 0.05) is 25.1 Å². The molecule has 0 aliphatic heterocycles. The first-order chi connectivity index (χ1) is 10.5. The molecule has 0 atom stereocenters. The fourth-order valence-electron chi connectivity index (χ4n) is 2.79. The quantitative estimate of drug-likeness (QED) is 0.646. The van der Waals surface area contributed by atoms with Crippen LogP contribution in [0.5, 0.6) is 0 Å². The molecule has 0 aromatic carbocycles. The maximum absolute atomic E-state index is 12.0. The molecule has 0 radical (unpaired) electrons. The second-order valence-corrected chi connectivity index (χ2v) is 6.86. The van der Waals surface area contributed by atoms with Crippen molar-refractivity contribution in [3.05, 3.63) is 22.2 Å². The van der Waals surface area contributed by atoms with Crippen LogP contribution in [0.4, 0.5) is 0 Å². The van der Waals surface area contributed by atoms with Gasteiger partial charge in [-0.2, -0.15) is 5.10 Å². The zero-order valence-corrected chi connectivity index (χ0v) is 14.5. The van der Waals surface area contributed by atoms with E-state index in [1.807, 2.05) is 4.57 Å². The summed E-state index contributed by atoms with van der Waals surface area (Å²) in [5.41, 5.74) is 1.28. The van der Waals surface area contributed by atoms with Gasteiger partial charge in [-0.15, -0.1) is 0 Å². The van der Waals surface area contributed by atoms with Gasteiger partial charge in [0.25, 0.3) is 0 Å². The Labute approximate surface area is 137 Å². The van der Waals surface area contributed by atoms with Crippen LogP contribution in [-0.4, -0.2) is 27.2 Å². The van der Waals surface area contributed by atoms with Crippen LogP contribution >= 0.6 is 12.2 Å². The number of carbonyl (C=O) groups excluding carboxylic acids is 1. The minimum Gasteiger partial charge on any atom is -0.351 e. The fraction of sp³-hybridized carbons (Fsp3) is 0.688. The van der Waals surface area contributed by atoms with E-state index < -0.39 is 0 Å². The van der Waals surface area contributed by atoms with Crippen molar-refractivity contribution in [3.63, 3.8) is 0 Å². The highest BCUT2D eigenvalue weighted by Gasteiger charge is 2.13. The van der Waals surface area contributed by atoms with Crippen LogP contribution in [0.2, 0.25) is 0 Å². The highest BCUT2D eigenvalue weighted by molar-refractivity contribution is 7.71. The van der Waals surface area contributed by atoms with E-state index in [1.165, 1.54) is 18.4 Å². The van der Waals surface area contributed by atoms with Crippen LogP contribution < -0.4 is 5.32 Å². The predicted molar refractivity (Wildman–Crippen MR) is 90.2 cm³/mol. The van der Waals surface area contributed by atoms with Gasteiger partial charge in [0.1, 0.15) is 5.82 Å². The predicted octanol–water partition coefficient (Wildman–Crippen LogP) is 3.32. The van der Waals surface area contributed by atoms with Crippen LogP contribution in [0.15, 0.2) is 11.6 Å². The molecule has 1 aromatic heterocycles. The molecular weight excluding hydrogens is 296 g/mol. The minimum atomic E-state index is 0.00524. The molecule has 1 saturated carbocycles. The Hall–Kier alpha value is -1.43. The van der Waals surface area contributed by atoms with E-state index in [2.05, 4.69) is 36.3 Å². The number of nitrogens with zero attached hydrogens (tertiary/aromatic N) is 2. The lowest BCUT2D eigenvalue weighted by atomic mass is 9.87. The van der Waals surface area contributed by atoms with E-state index in [-0.39, 0.29) is 5.91 Å². The van der Waals surface area contributed by atoms with E-state index in [0.717, 1.165) is 24.6 Å². The number of carbonyl (C=O) groups is 1. The Bertz CT molecular complexity index is 590. The van der Waals surface area contributed by atoms with Crippen molar-refractivity contribution in [2.45, 2.75) is 58.9 Å². The molecule has 0 bridgehead atoms. The SMILES string of the molecule is CC1CCC(=CC(=O)NCCn2c(C(C)C)n[nH]c2=S)CC1. The Kier molecular flexibility index (Phi) is 5.94. The zero-order chi connectivity index (χ0) is 16.1. The Morgan fingerprint density at radius 1 is 1.50 bits per heavy atom. The molecule has 1 aliphatic rings. The smallest absolute Gasteiger partial charge is 0.243 e. The molecule has 2 rings (SSSR count). The van der Waals surface area contributed by atoms with Gasteiger partial charge in [-0.1, -0.05) is 26.3 Å². The van der Waals surface area contributed by atoms with Crippen LogP contribution in [0.3, 0.4) is 0 Å². The van der Waals surface area contributed by atoms with Crippen molar-refractivity contribution in [1.82, 2.24) is 20.1 Å². The molecule has 0 saturated heterocycles. The Morgan fingerprint density at radius 3 is 2.82 bits per heavy atom. The molecule has 0 spiro atoms. The van der Waals surface area contributed by atoms with E-state index in [9.17, 15) is 4.79 Å². The number of rotatable bonds is 5. The average Bonchev–Trinajstić information content (AvgIpc) is 2.83. The maximum atomic E-state index is 12.0. The number of aromatic amines is 1. The van der Waals surface area contributed by atoms with Gasteiger partial charge in [0.2, 0.25) is 5.91 Å². The average molecular weight is 322 g/mol. The maximum Gasteiger partial charge on any atom is 0.243 e. The Balaban J connectivity index is 1.84. The third kappa shape index (κ3) is 4.53. The van der Waals surface area contributed by atoms with Crippen LogP contribution in [0.25, 0.3) is 0 Å². The van der Waals surface area contributed by atoms with Gasteiger partial charge in [-0.05, 0) is 43.8 Å². The Morgan fingerprint density at radius 2 is 2.18 bits per heavy atom. The number of nitrogens with one attached hydrogen (secondary N) is 2. The van der Waals surface area contributed by atoms with Crippen molar-refractivity contribution in [1.29, 1.82) is 0 Å². The lowest BCUT2D eigenvalue weighted by Crippen LogP contribution is -2.26. The van der Waals surface area contributed by atoms with Gasteiger partial charge in [-0.25, -0.2) is 0 Å². The molecule has 5 nitrogen and oxygen atoms in total. The molecule has 0 unspecified atom stereocenters. The third-order valence-electron chi connectivity index (χ3n) is 4.19. The molecule has 1 aliphatic carbocycles. The number of hydrogen-bond donors (Lipinski definition) is 2. The largest absolute Gasteiger partial charge is 0.351 e. The second kappa shape index (κ2) is 7.72. The van der Waals surface area contributed by atoms with Crippen LogP contribution in [-0.2, 0) is 11.3 Å². The standard InChI is InChI=1S/C16H26N4OS/c1-11(2)15-18-19-16(22)20(15)9-8-17-14(21)10-13-6-4-12(3)5-7-13/h10-12H,4-9H2,1-3H3,(H,17,21)(H,19,22). The van der Waals surface area contributed by atoms with Crippen LogP contribution in [0, 0.1) is 10.7 Å². The number of allylic oxidation sites excluding steroid dienone is 1. The monoisotopic (exact) mass is 322 g/mol. The van der Waals surface area contributed by atoms with Crippen LogP contribution in [0.1, 0.15) is 58.2 Å². The summed E-state index contributed by atoms with van der Waals surface area (Å²) in [7, 11) is 0. The molecule has 6 heteroatoms. The summed E-state index contributed by atoms with van der Waals surface area (Å²) in [5, 5.41) is 10.0. The summed E-state index contributed by atoms with van der Waals surface area (Å²) in [6.45, 7) is 7.64. The molecule has 22 heavy (non-hydrogen) atoms. The van der Waals surface area contributed by atoms with E-state index in [4.69, 9.17) is 12.2 Å². The molecule has 1 heterocycles. The molecule has 2 N–H and O–H groups in total. The number of aromatic nitrogens is 3. The summed E-state index contributed by atoms with van der Waals surface area (Å²) in [6, 6.07) is 0. The summed E-state index contributed by atoms with van der Waals surface area (Å²) < 4.78 is 2.56. The molecular formula is C16H26N4OS. The van der Waals surface area contributed by atoms with E-state index >= 15 is 0 Å². The molecule has 1 aromatic rings. The first kappa shape index (κ1) is 16.9. The fourth-order valence-corrected chi connectivity index (χ4v) is 3.02. The topological polar surface area (TPSA) is 62.7 Å². The van der Waals surface area contributed by atoms with Crippen molar-refractivity contribution < 1.29 is 4.79 Å². The normalized spacial score (nSPS) is 18.5. The van der Waals surface area contributed by atoms with Gasteiger partial charge >= 0.3 is 0 Å². The number of hydrogen-bond acceptors (Lipinski definition) is 3. The number of amides is 1. The summed E-state index contributed by atoms with van der Waals surface area (Å²) >= 11 is 5.23. The highest BCUT2D eigenvalue weighted by atomic mass is 32.1. The van der Waals surface area contributed by atoms with Crippen molar-refractivity contribution in [3.8, 4) is 0 Å². The zero-order valence-electron chi connectivity index (χ0n) is 13.7.